The van der Waals surface area contributed by atoms with Gasteiger partial charge in [0.1, 0.15) is 16.3 Å². The number of rotatable bonds is 3. The molecular formula is C12H6BrCl2NO3. The molecule has 1 aromatic heterocycles. The van der Waals surface area contributed by atoms with Gasteiger partial charge in [-0.3, -0.25) is 0 Å². The van der Waals surface area contributed by atoms with E-state index in [1.165, 1.54) is 24.4 Å². The molecule has 0 atom stereocenters. The van der Waals surface area contributed by atoms with Crippen molar-refractivity contribution in [3.05, 3.63) is 50.5 Å². The second kappa shape index (κ2) is 5.77. The number of carboxylic acids is 1. The molecule has 0 saturated heterocycles. The van der Waals surface area contributed by atoms with Crippen LogP contribution in [0.15, 0.2) is 34.9 Å². The summed E-state index contributed by atoms with van der Waals surface area (Å²) in [7, 11) is 0. The van der Waals surface area contributed by atoms with E-state index in [2.05, 4.69) is 20.9 Å². The number of carbonyl (C=O) groups is 1. The molecular weight excluding hydrogens is 357 g/mol. The molecule has 0 aliphatic rings. The average Bonchev–Trinajstić information content (AvgIpc) is 2.32. The maximum atomic E-state index is 11.1. The number of aromatic nitrogens is 1. The molecule has 0 aliphatic carbocycles. The minimum atomic E-state index is -1.10. The lowest BCUT2D eigenvalue weighted by Crippen LogP contribution is -2.00. The van der Waals surface area contributed by atoms with Crippen LogP contribution in [0.25, 0.3) is 0 Å². The van der Waals surface area contributed by atoms with Crippen LogP contribution < -0.4 is 4.74 Å². The average molecular weight is 363 g/mol. The fourth-order valence-electron chi connectivity index (χ4n) is 1.34. The Labute approximate surface area is 127 Å². The summed E-state index contributed by atoms with van der Waals surface area (Å²) in [4.78, 5) is 15.0. The van der Waals surface area contributed by atoms with Gasteiger partial charge in [0.25, 0.3) is 0 Å². The number of nitrogens with zero attached hydrogens (tertiary/aromatic N) is 1. The van der Waals surface area contributed by atoms with Crippen LogP contribution in [0.2, 0.25) is 10.0 Å². The molecule has 0 unspecified atom stereocenters. The van der Waals surface area contributed by atoms with Crippen molar-refractivity contribution in [1.82, 2.24) is 4.98 Å². The van der Waals surface area contributed by atoms with E-state index >= 15 is 0 Å². The maximum absolute atomic E-state index is 11.1. The van der Waals surface area contributed by atoms with E-state index in [1.54, 1.807) is 6.07 Å². The van der Waals surface area contributed by atoms with Gasteiger partial charge in [0.05, 0.1) is 5.02 Å². The van der Waals surface area contributed by atoms with Crippen molar-refractivity contribution < 1.29 is 14.6 Å². The molecule has 1 aromatic carbocycles. The summed E-state index contributed by atoms with van der Waals surface area (Å²) in [6.07, 6.45) is 1.36. The second-order valence-corrected chi connectivity index (χ2v) is 5.25. The maximum Gasteiger partial charge on any atom is 0.339 e. The van der Waals surface area contributed by atoms with Crippen LogP contribution in [-0.2, 0) is 0 Å². The van der Waals surface area contributed by atoms with Crippen LogP contribution in [-0.4, -0.2) is 16.1 Å². The molecule has 0 fully saturated rings. The summed E-state index contributed by atoms with van der Waals surface area (Å²) in [5.74, 6) is -0.877. The van der Waals surface area contributed by atoms with Gasteiger partial charge in [0, 0.05) is 10.7 Å². The Hall–Kier alpha value is -1.30. The van der Waals surface area contributed by atoms with Crippen LogP contribution in [0.1, 0.15) is 10.4 Å². The topological polar surface area (TPSA) is 59.4 Å². The normalized spacial score (nSPS) is 10.3. The summed E-state index contributed by atoms with van der Waals surface area (Å²) in [5, 5.41) is 9.64. The Morgan fingerprint density at radius 1 is 1.32 bits per heavy atom. The number of aromatic carboxylic acids is 1. The molecule has 98 valence electrons. The zero-order valence-corrected chi connectivity index (χ0v) is 12.3. The van der Waals surface area contributed by atoms with E-state index in [9.17, 15) is 4.79 Å². The lowest BCUT2D eigenvalue weighted by molar-refractivity contribution is 0.0694. The van der Waals surface area contributed by atoms with Crippen LogP contribution >= 0.6 is 39.1 Å². The summed E-state index contributed by atoms with van der Waals surface area (Å²) in [6, 6.07) is 6.01. The lowest BCUT2D eigenvalue weighted by atomic mass is 10.2. The van der Waals surface area contributed by atoms with E-state index in [-0.39, 0.29) is 22.2 Å². The molecule has 4 nitrogen and oxygen atoms in total. The minimum Gasteiger partial charge on any atom is -0.478 e. The van der Waals surface area contributed by atoms with Gasteiger partial charge >= 0.3 is 5.97 Å². The number of carboxylic acid groups (broad SMARTS) is 1. The van der Waals surface area contributed by atoms with Crippen molar-refractivity contribution in [2.24, 2.45) is 0 Å². The number of ether oxygens (including phenoxy) is 1. The van der Waals surface area contributed by atoms with Gasteiger partial charge in [0.15, 0.2) is 0 Å². The Morgan fingerprint density at radius 3 is 2.68 bits per heavy atom. The van der Waals surface area contributed by atoms with Gasteiger partial charge in [-0.25, -0.2) is 9.78 Å². The Kier molecular flexibility index (Phi) is 4.29. The van der Waals surface area contributed by atoms with Gasteiger partial charge < -0.3 is 9.84 Å². The summed E-state index contributed by atoms with van der Waals surface area (Å²) in [6.45, 7) is 0. The van der Waals surface area contributed by atoms with E-state index < -0.39 is 5.97 Å². The summed E-state index contributed by atoms with van der Waals surface area (Å²) < 4.78 is 6.10. The van der Waals surface area contributed by atoms with Crippen molar-refractivity contribution in [2.75, 3.05) is 0 Å². The Morgan fingerprint density at radius 2 is 2.05 bits per heavy atom. The standard InChI is InChI=1S/C12H6BrCl2NO3/c13-6-1-2-8(12(17)18)10(3-6)19-11-9(15)4-7(14)5-16-11/h1-5H,(H,17,18). The van der Waals surface area contributed by atoms with Crippen molar-refractivity contribution in [2.45, 2.75) is 0 Å². The molecule has 0 aliphatic heterocycles. The van der Waals surface area contributed by atoms with E-state index in [0.717, 1.165) is 0 Å². The predicted molar refractivity (Wildman–Crippen MR) is 75.4 cm³/mol. The van der Waals surface area contributed by atoms with Crippen molar-refractivity contribution in [3.63, 3.8) is 0 Å². The smallest absolute Gasteiger partial charge is 0.339 e. The third-order valence-corrected chi connectivity index (χ3v) is 3.13. The molecule has 0 spiro atoms. The third kappa shape index (κ3) is 3.37. The van der Waals surface area contributed by atoms with Crippen LogP contribution in [0.5, 0.6) is 11.6 Å². The molecule has 0 radical (unpaired) electrons. The molecule has 0 bridgehead atoms. The first-order chi connectivity index (χ1) is 8.97. The van der Waals surface area contributed by atoms with Gasteiger partial charge in [-0.1, -0.05) is 39.1 Å². The quantitative estimate of drug-likeness (QED) is 0.863. The number of hydrogen-bond donors (Lipinski definition) is 1. The van der Waals surface area contributed by atoms with Gasteiger partial charge in [0.2, 0.25) is 5.88 Å². The Balaban J connectivity index is 2.42. The molecule has 1 N–H and O–H groups in total. The number of pyridine rings is 1. The molecule has 0 amide bonds. The second-order valence-electron chi connectivity index (χ2n) is 3.49. The van der Waals surface area contributed by atoms with Crippen molar-refractivity contribution >= 4 is 45.1 Å². The molecule has 1 heterocycles. The zero-order chi connectivity index (χ0) is 14.0. The highest BCUT2D eigenvalue weighted by molar-refractivity contribution is 9.10. The number of benzene rings is 1. The summed E-state index contributed by atoms with van der Waals surface area (Å²) in [5.41, 5.74) is 0.0102. The highest BCUT2D eigenvalue weighted by Crippen LogP contribution is 2.32. The van der Waals surface area contributed by atoms with E-state index in [4.69, 9.17) is 33.0 Å². The molecule has 2 rings (SSSR count). The lowest BCUT2D eigenvalue weighted by Gasteiger charge is -2.09. The molecule has 19 heavy (non-hydrogen) atoms. The van der Waals surface area contributed by atoms with E-state index in [1.807, 2.05) is 0 Å². The highest BCUT2D eigenvalue weighted by atomic mass is 79.9. The predicted octanol–water partition coefficient (Wildman–Crippen LogP) is 4.64. The molecule has 0 saturated carbocycles. The first-order valence-electron chi connectivity index (χ1n) is 4.99. The number of hydrogen-bond acceptors (Lipinski definition) is 3. The largest absolute Gasteiger partial charge is 0.478 e. The van der Waals surface area contributed by atoms with Gasteiger partial charge in [-0.2, -0.15) is 0 Å². The highest BCUT2D eigenvalue weighted by Gasteiger charge is 2.14. The van der Waals surface area contributed by atoms with Gasteiger partial charge in [-0.15, -0.1) is 0 Å². The van der Waals surface area contributed by atoms with Crippen molar-refractivity contribution in [3.8, 4) is 11.6 Å². The monoisotopic (exact) mass is 361 g/mol. The van der Waals surface area contributed by atoms with Crippen LogP contribution in [0.4, 0.5) is 0 Å². The first kappa shape index (κ1) is 14.1. The fraction of sp³-hybridized carbons (Fsp3) is 0. The third-order valence-electron chi connectivity index (χ3n) is 2.15. The molecule has 7 heteroatoms. The van der Waals surface area contributed by atoms with Crippen LogP contribution in [0.3, 0.4) is 0 Å². The van der Waals surface area contributed by atoms with Gasteiger partial charge in [-0.05, 0) is 24.3 Å². The SMILES string of the molecule is O=C(O)c1ccc(Br)cc1Oc1ncc(Cl)cc1Cl. The minimum absolute atomic E-state index is 0.0102. The number of halogens is 3. The molecule has 2 aromatic rings. The first-order valence-corrected chi connectivity index (χ1v) is 6.54. The zero-order valence-electron chi connectivity index (χ0n) is 9.23. The summed E-state index contributed by atoms with van der Waals surface area (Å²) >= 11 is 14.9. The van der Waals surface area contributed by atoms with Crippen molar-refractivity contribution in [1.29, 1.82) is 0 Å². The Bertz CT molecular complexity index is 649. The fourth-order valence-corrected chi connectivity index (χ4v) is 2.10. The van der Waals surface area contributed by atoms with E-state index in [0.29, 0.717) is 9.50 Å². The van der Waals surface area contributed by atoms with Crippen LogP contribution in [0, 0.1) is 0 Å².